The summed E-state index contributed by atoms with van der Waals surface area (Å²) >= 11 is 0. The Kier molecular flexibility index (Phi) is 4.18. The van der Waals surface area contributed by atoms with Crippen LogP contribution < -0.4 is 5.32 Å². The van der Waals surface area contributed by atoms with Gasteiger partial charge in [-0.2, -0.15) is 0 Å². The molecule has 1 aliphatic carbocycles. The first kappa shape index (κ1) is 14.2. The van der Waals surface area contributed by atoms with Gasteiger partial charge in [0.1, 0.15) is 0 Å². The third-order valence-electron chi connectivity index (χ3n) is 5.17. The van der Waals surface area contributed by atoms with Crippen molar-refractivity contribution in [1.29, 1.82) is 0 Å². The first-order valence-electron chi connectivity index (χ1n) is 8.32. The molecular formula is C17H29N3. The second kappa shape index (κ2) is 5.90. The molecular weight excluding hydrogens is 246 g/mol. The lowest BCUT2D eigenvalue weighted by Gasteiger charge is -2.32. The monoisotopic (exact) mass is 275 g/mol. The van der Waals surface area contributed by atoms with Crippen LogP contribution in [0, 0.1) is 13.8 Å². The molecule has 20 heavy (non-hydrogen) atoms. The van der Waals surface area contributed by atoms with Crippen LogP contribution in [-0.4, -0.2) is 34.6 Å². The number of aromatic nitrogens is 1. The van der Waals surface area contributed by atoms with E-state index < -0.39 is 0 Å². The zero-order valence-corrected chi connectivity index (χ0v) is 13.3. The van der Waals surface area contributed by atoms with Crippen molar-refractivity contribution in [1.82, 2.24) is 14.8 Å². The van der Waals surface area contributed by atoms with Crippen molar-refractivity contribution in [3.05, 3.63) is 23.0 Å². The van der Waals surface area contributed by atoms with Gasteiger partial charge in [0.15, 0.2) is 0 Å². The second-order valence-corrected chi connectivity index (χ2v) is 6.56. The molecule has 0 aromatic carbocycles. The Morgan fingerprint density at radius 3 is 2.40 bits per heavy atom. The van der Waals surface area contributed by atoms with Gasteiger partial charge in [-0.15, -0.1) is 0 Å². The molecule has 2 heterocycles. The molecule has 0 unspecified atom stereocenters. The largest absolute Gasteiger partial charge is 0.349 e. The fraction of sp³-hybridized carbons (Fsp3) is 0.765. The smallest absolute Gasteiger partial charge is 0.0225 e. The molecule has 3 heteroatoms. The molecule has 2 aliphatic rings. The number of nitrogens with zero attached hydrogens (tertiary/aromatic N) is 2. The standard InChI is InChI=1S/C17H29N3/c1-4-20-13(2)11-15(14(20)3)12-18-16-7-9-19(10-8-16)17-5-6-17/h11,16-18H,4-10,12H2,1-3H3. The van der Waals surface area contributed by atoms with E-state index in [0.29, 0.717) is 0 Å². The van der Waals surface area contributed by atoms with Gasteiger partial charge in [0.25, 0.3) is 0 Å². The molecule has 1 saturated heterocycles. The lowest BCUT2D eigenvalue weighted by atomic mass is 10.0. The Morgan fingerprint density at radius 1 is 1.15 bits per heavy atom. The van der Waals surface area contributed by atoms with E-state index in [1.54, 1.807) is 0 Å². The molecule has 0 amide bonds. The minimum absolute atomic E-state index is 0.717. The first-order valence-corrected chi connectivity index (χ1v) is 8.32. The third kappa shape index (κ3) is 2.94. The molecule has 0 atom stereocenters. The Balaban J connectivity index is 1.50. The Morgan fingerprint density at radius 2 is 1.85 bits per heavy atom. The van der Waals surface area contributed by atoms with Crippen molar-refractivity contribution in [3.8, 4) is 0 Å². The number of hydrogen-bond donors (Lipinski definition) is 1. The van der Waals surface area contributed by atoms with Gasteiger partial charge in [0.05, 0.1) is 0 Å². The van der Waals surface area contributed by atoms with E-state index >= 15 is 0 Å². The third-order valence-corrected chi connectivity index (χ3v) is 5.17. The number of piperidine rings is 1. The maximum absolute atomic E-state index is 3.78. The molecule has 0 radical (unpaired) electrons. The lowest BCUT2D eigenvalue weighted by Crippen LogP contribution is -2.43. The zero-order valence-electron chi connectivity index (χ0n) is 13.3. The summed E-state index contributed by atoms with van der Waals surface area (Å²) in [5.74, 6) is 0. The Hall–Kier alpha value is -0.800. The van der Waals surface area contributed by atoms with E-state index in [1.165, 1.54) is 55.7 Å². The van der Waals surface area contributed by atoms with Crippen molar-refractivity contribution in [2.75, 3.05) is 13.1 Å². The number of aryl methyl sites for hydroxylation is 1. The van der Waals surface area contributed by atoms with Gasteiger partial charge < -0.3 is 14.8 Å². The molecule has 1 saturated carbocycles. The highest BCUT2D eigenvalue weighted by Gasteiger charge is 2.31. The zero-order chi connectivity index (χ0) is 14.1. The Bertz CT molecular complexity index is 451. The van der Waals surface area contributed by atoms with Gasteiger partial charge in [-0.3, -0.25) is 0 Å². The molecule has 1 N–H and O–H groups in total. The van der Waals surface area contributed by atoms with Crippen LogP contribution in [0.3, 0.4) is 0 Å². The SMILES string of the molecule is CCn1c(C)cc(CNC2CCN(C3CC3)CC2)c1C. The van der Waals surface area contributed by atoms with E-state index in [4.69, 9.17) is 0 Å². The van der Waals surface area contributed by atoms with E-state index in [0.717, 1.165) is 25.2 Å². The summed E-state index contributed by atoms with van der Waals surface area (Å²) in [4.78, 5) is 2.70. The van der Waals surface area contributed by atoms with E-state index in [-0.39, 0.29) is 0 Å². The van der Waals surface area contributed by atoms with Crippen LogP contribution in [0.15, 0.2) is 6.07 Å². The summed E-state index contributed by atoms with van der Waals surface area (Å²) in [6.07, 6.45) is 5.54. The summed E-state index contributed by atoms with van der Waals surface area (Å²) < 4.78 is 2.41. The molecule has 3 rings (SSSR count). The summed E-state index contributed by atoms with van der Waals surface area (Å²) in [5.41, 5.74) is 4.31. The van der Waals surface area contributed by atoms with Crippen LogP contribution in [0.1, 0.15) is 49.6 Å². The average molecular weight is 275 g/mol. The summed E-state index contributed by atoms with van der Waals surface area (Å²) in [6.45, 7) is 11.4. The predicted octanol–water partition coefficient (Wildman–Crippen LogP) is 2.84. The quantitative estimate of drug-likeness (QED) is 0.891. The van der Waals surface area contributed by atoms with Crippen molar-refractivity contribution in [2.45, 2.75) is 71.6 Å². The van der Waals surface area contributed by atoms with Crippen LogP contribution in [0.25, 0.3) is 0 Å². The number of hydrogen-bond acceptors (Lipinski definition) is 2. The molecule has 3 nitrogen and oxygen atoms in total. The minimum atomic E-state index is 0.717. The van der Waals surface area contributed by atoms with Gasteiger partial charge >= 0.3 is 0 Å². The Labute approximate surface area is 123 Å². The van der Waals surface area contributed by atoms with Crippen LogP contribution in [0.5, 0.6) is 0 Å². The number of nitrogens with one attached hydrogen (secondary N) is 1. The van der Waals surface area contributed by atoms with E-state index in [2.05, 4.69) is 41.6 Å². The average Bonchev–Trinajstić information content (AvgIpc) is 3.25. The second-order valence-electron chi connectivity index (χ2n) is 6.56. The highest BCUT2D eigenvalue weighted by atomic mass is 15.2. The molecule has 2 fully saturated rings. The first-order chi connectivity index (χ1) is 9.69. The highest BCUT2D eigenvalue weighted by molar-refractivity contribution is 5.26. The fourth-order valence-electron chi connectivity index (χ4n) is 3.70. The van der Waals surface area contributed by atoms with Crippen molar-refractivity contribution in [3.63, 3.8) is 0 Å². The van der Waals surface area contributed by atoms with Gasteiger partial charge in [-0.05, 0) is 71.2 Å². The van der Waals surface area contributed by atoms with Gasteiger partial charge in [0.2, 0.25) is 0 Å². The number of likely N-dealkylation sites (tertiary alicyclic amines) is 1. The summed E-state index contributed by atoms with van der Waals surface area (Å²) in [7, 11) is 0. The van der Waals surface area contributed by atoms with Crippen LogP contribution in [0.2, 0.25) is 0 Å². The maximum Gasteiger partial charge on any atom is 0.0225 e. The van der Waals surface area contributed by atoms with Crippen LogP contribution in [-0.2, 0) is 13.1 Å². The maximum atomic E-state index is 3.78. The predicted molar refractivity (Wildman–Crippen MR) is 84.0 cm³/mol. The summed E-state index contributed by atoms with van der Waals surface area (Å²) in [5, 5.41) is 3.78. The normalized spacial score (nSPS) is 21.6. The van der Waals surface area contributed by atoms with Gasteiger partial charge in [-0.25, -0.2) is 0 Å². The van der Waals surface area contributed by atoms with Crippen molar-refractivity contribution < 1.29 is 0 Å². The molecule has 0 spiro atoms. The molecule has 1 aliphatic heterocycles. The fourth-order valence-corrected chi connectivity index (χ4v) is 3.70. The van der Waals surface area contributed by atoms with Crippen LogP contribution >= 0.6 is 0 Å². The van der Waals surface area contributed by atoms with Crippen molar-refractivity contribution >= 4 is 0 Å². The van der Waals surface area contributed by atoms with Crippen LogP contribution in [0.4, 0.5) is 0 Å². The van der Waals surface area contributed by atoms with E-state index in [1.807, 2.05) is 0 Å². The highest BCUT2D eigenvalue weighted by Crippen LogP contribution is 2.29. The number of rotatable bonds is 5. The van der Waals surface area contributed by atoms with Gasteiger partial charge in [0, 0.05) is 36.6 Å². The van der Waals surface area contributed by atoms with E-state index in [9.17, 15) is 0 Å². The molecule has 1 aromatic rings. The van der Waals surface area contributed by atoms with Crippen molar-refractivity contribution in [2.24, 2.45) is 0 Å². The molecule has 0 bridgehead atoms. The summed E-state index contributed by atoms with van der Waals surface area (Å²) in [6, 6.07) is 4.01. The topological polar surface area (TPSA) is 20.2 Å². The molecule has 1 aromatic heterocycles. The minimum Gasteiger partial charge on any atom is -0.349 e. The lowest BCUT2D eigenvalue weighted by molar-refractivity contribution is 0.189. The molecule has 112 valence electrons. The van der Waals surface area contributed by atoms with Gasteiger partial charge in [-0.1, -0.05) is 0 Å².